The Morgan fingerprint density at radius 1 is 1.08 bits per heavy atom. The molecule has 1 saturated heterocycles. The van der Waals surface area contributed by atoms with E-state index in [0.29, 0.717) is 0 Å². The summed E-state index contributed by atoms with van der Waals surface area (Å²) >= 11 is 0. The Morgan fingerprint density at radius 3 is 2.08 bits per heavy atom. The zero-order valence-electron chi connectivity index (χ0n) is 8.08. The average molecular weight is 191 g/mol. The minimum absolute atomic E-state index is 0.467. The van der Waals surface area contributed by atoms with Crippen molar-refractivity contribution in [3.8, 4) is 0 Å². The molecule has 5 nitrogen and oxygen atoms in total. The topological polar surface area (TPSA) is 73.2 Å². The van der Waals surface area contributed by atoms with Gasteiger partial charge in [-0.3, -0.25) is 0 Å². The molecule has 13 heavy (non-hydrogen) atoms. The number of hydrogen-bond donors (Lipinski definition) is 3. The lowest BCUT2D eigenvalue weighted by Gasteiger charge is -2.42. The molecule has 5 heteroatoms. The molecule has 1 rings (SSSR count). The summed E-state index contributed by atoms with van der Waals surface area (Å²) in [7, 11) is 3.48. The van der Waals surface area contributed by atoms with E-state index in [1.54, 1.807) is 25.9 Å². The zero-order chi connectivity index (χ0) is 10.2. The second-order valence-electron chi connectivity index (χ2n) is 3.67. The quantitative estimate of drug-likeness (QED) is 0.464. The summed E-state index contributed by atoms with van der Waals surface area (Å²) in [5.41, 5.74) is 0. The number of likely N-dealkylation sites (N-methyl/N-ethyl adjacent to an activating group) is 1. The maximum atomic E-state index is 9.66. The maximum absolute atomic E-state index is 9.66. The molecule has 0 aromatic carbocycles. The number of aliphatic hydroxyl groups is 3. The van der Waals surface area contributed by atoms with E-state index in [4.69, 9.17) is 4.74 Å². The van der Waals surface area contributed by atoms with Crippen molar-refractivity contribution in [2.75, 3.05) is 14.1 Å². The van der Waals surface area contributed by atoms with Gasteiger partial charge in [-0.15, -0.1) is 0 Å². The Labute approximate surface area is 77.5 Å². The lowest BCUT2D eigenvalue weighted by molar-refractivity contribution is -0.263. The Morgan fingerprint density at radius 2 is 1.62 bits per heavy atom. The molecule has 1 fully saturated rings. The lowest BCUT2D eigenvalue weighted by atomic mass is 9.96. The van der Waals surface area contributed by atoms with Crippen LogP contribution in [-0.2, 0) is 4.74 Å². The normalized spacial score (nSPS) is 46.8. The van der Waals surface area contributed by atoms with Crippen molar-refractivity contribution in [1.82, 2.24) is 4.90 Å². The van der Waals surface area contributed by atoms with Crippen LogP contribution in [0.3, 0.4) is 0 Å². The van der Waals surface area contributed by atoms with Gasteiger partial charge in [-0.25, -0.2) is 0 Å². The van der Waals surface area contributed by atoms with Gasteiger partial charge in [-0.2, -0.15) is 0 Å². The van der Waals surface area contributed by atoms with Crippen LogP contribution in [0.25, 0.3) is 0 Å². The molecular weight excluding hydrogens is 174 g/mol. The van der Waals surface area contributed by atoms with Crippen LogP contribution in [-0.4, -0.2) is 65.0 Å². The summed E-state index contributed by atoms with van der Waals surface area (Å²) in [6.45, 7) is 1.66. The lowest BCUT2D eigenvalue weighted by Crippen LogP contribution is -2.61. The fraction of sp³-hybridized carbons (Fsp3) is 1.00. The van der Waals surface area contributed by atoms with E-state index in [1.165, 1.54) is 0 Å². The van der Waals surface area contributed by atoms with Crippen molar-refractivity contribution in [3.05, 3.63) is 0 Å². The first kappa shape index (κ1) is 10.9. The fourth-order valence-corrected chi connectivity index (χ4v) is 1.64. The Kier molecular flexibility index (Phi) is 3.26. The van der Waals surface area contributed by atoms with E-state index in [9.17, 15) is 15.3 Å². The van der Waals surface area contributed by atoms with Crippen LogP contribution in [0, 0.1) is 0 Å². The van der Waals surface area contributed by atoms with Crippen LogP contribution >= 0.6 is 0 Å². The highest BCUT2D eigenvalue weighted by Crippen LogP contribution is 2.22. The number of rotatable bonds is 1. The first-order valence-electron chi connectivity index (χ1n) is 4.31. The largest absolute Gasteiger partial charge is 0.389 e. The van der Waals surface area contributed by atoms with Crippen molar-refractivity contribution in [2.45, 2.75) is 37.6 Å². The highest BCUT2D eigenvalue weighted by molar-refractivity contribution is 4.91. The van der Waals surface area contributed by atoms with Gasteiger partial charge in [0.05, 0.1) is 18.2 Å². The van der Waals surface area contributed by atoms with Crippen LogP contribution < -0.4 is 0 Å². The summed E-state index contributed by atoms with van der Waals surface area (Å²) in [5.74, 6) is 0. The molecule has 0 unspecified atom stereocenters. The summed E-state index contributed by atoms with van der Waals surface area (Å²) in [5, 5.41) is 28.5. The third kappa shape index (κ3) is 2.00. The molecule has 0 saturated carbocycles. The maximum Gasteiger partial charge on any atom is 0.182 e. The van der Waals surface area contributed by atoms with Gasteiger partial charge < -0.3 is 25.0 Å². The van der Waals surface area contributed by atoms with E-state index < -0.39 is 30.6 Å². The Bertz CT molecular complexity index is 162. The number of ether oxygens (including phenoxy) is 1. The minimum atomic E-state index is -1.22. The molecule has 3 N–H and O–H groups in total. The SMILES string of the molecule is C[C@H]1O[C@@H](O)[C@H](O)[C@@H](N(C)C)[C@@H]1O. The molecule has 1 aliphatic rings. The van der Waals surface area contributed by atoms with Gasteiger partial charge in [0.25, 0.3) is 0 Å². The third-order valence-corrected chi connectivity index (χ3v) is 2.42. The Balaban J connectivity index is 2.76. The molecule has 5 atom stereocenters. The third-order valence-electron chi connectivity index (χ3n) is 2.42. The molecule has 0 radical (unpaired) electrons. The van der Waals surface area contributed by atoms with Crippen LogP contribution in [0.2, 0.25) is 0 Å². The van der Waals surface area contributed by atoms with Gasteiger partial charge in [0.2, 0.25) is 0 Å². The van der Waals surface area contributed by atoms with E-state index in [2.05, 4.69) is 0 Å². The highest BCUT2D eigenvalue weighted by Gasteiger charge is 2.42. The number of aliphatic hydroxyl groups excluding tert-OH is 3. The van der Waals surface area contributed by atoms with E-state index in [-0.39, 0.29) is 0 Å². The van der Waals surface area contributed by atoms with Crippen LogP contribution in [0.5, 0.6) is 0 Å². The Hall–Kier alpha value is -0.200. The number of hydrogen-bond acceptors (Lipinski definition) is 5. The molecule has 78 valence electrons. The van der Waals surface area contributed by atoms with Crippen molar-refractivity contribution in [1.29, 1.82) is 0 Å². The standard InChI is InChI=1S/C8H17NO4/c1-4-6(10)5(9(2)3)7(11)8(12)13-4/h4-8,10-12H,1-3H3/t4-,5+,6-,7-,8-/m1/s1. The molecule has 0 aliphatic carbocycles. The second-order valence-corrected chi connectivity index (χ2v) is 3.67. The first-order chi connectivity index (χ1) is 5.95. The summed E-state index contributed by atoms with van der Waals surface area (Å²) in [4.78, 5) is 1.68. The van der Waals surface area contributed by atoms with Gasteiger partial charge in [0, 0.05) is 0 Å². The zero-order valence-corrected chi connectivity index (χ0v) is 8.08. The van der Waals surface area contributed by atoms with E-state index >= 15 is 0 Å². The molecule has 0 bridgehead atoms. The molecule has 0 aromatic rings. The van der Waals surface area contributed by atoms with E-state index in [0.717, 1.165) is 0 Å². The molecular formula is C8H17NO4. The number of nitrogens with zero attached hydrogens (tertiary/aromatic N) is 1. The van der Waals surface area contributed by atoms with Gasteiger partial charge in [-0.1, -0.05) is 0 Å². The highest BCUT2D eigenvalue weighted by atomic mass is 16.6. The van der Waals surface area contributed by atoms with Crippen molar-refractivity contribution < 1.29 is 20.1 Å². The van der Waals surface area contributed by atoms with Crippen molar-refractivity contribution in [2.24, 2.45) is 0 Å². The van der Waals surface area contributed by atoms with Crippen molar-refractivity contribution in [3.63, 3.8) is 0 Å². The second kappa shape index (κ2) is 3.89. The minimum Gasteiger partial charge on any atom is -0.389 e. The fourth-order valence-electron chi connectivity index (χ4n) is 1.64. The van der Waals surface area contributed by atoms with Gasteiger partial charge >= 0.3 is 0 Å². The molecule has 0 spiro atoms. The molecule has 0 aromatic heterocycles. The summed E-state index contributed by atoms with van der Waals surface area (Å²) < 4.78 is 4.92. The average Bonchev–Trinajstić information content (AvgIpc) is 2.01. The molecule has 1 aliphatic heterocycles. The van der Waals surface area contributed by atoms with Crippen LogP contribution in [0.15, 0.2) is 0 Å². The van der Waals surface area contributed by atoms with E-state index in [1.807, 2.05) is 0 Å². The predicted octanol–water partition coefficient (Wildman–Crippen LogP) is -1.62. The summed E-state index contributed by atoms with van der Waals surface area (Å²) in [6.07, 6.45) is -3.54. The van der Waals surface area contributed by atoms with Gasteiger partial charge in [0.1, 0.15) is 6.10 Å². The van der Waals surface area contributed by atoms with Gasteiger partial charge in [-0.05, 0) is 21.0 Å². The predicted molar refractivity (Wildman–Crippen MR) is 46.0 cm³/mol. The smallest absolute Gasteiger partial charge is 0.182 e. The van der Waals surface area contributed by atoms with Gasteiger partial charge in [0.15, 0.2) is 6.29 Å². The van der Waals surface area contributed by atoms with Crippen molar-refractivity contribution >= 4 is 0 Å². The summed E-state index contributed by atoms with van der Waals surface area (Å²) in [6, 6.07) is -0.487. The van der Waals surface area contributed by atoms with Crippen LogP contribution in [0.1, 0.15) is 6.92 Å². The molecule has 0 amide bonds. The monoisotopic (exact) mass is 191 g/mol. The molecule has 1 heterocycles. The van der Waals surface area contributed by atoms with Crippen LogP contribution in [0.4, 0.5) is 0 Å². The first-order valence-corrected chi connectivity index (χ1v) is 4.31.